The maximum absolute atomic E-state index is 9.61. The maximum atomic E-state index is 9.61. The van der Waals surface area contributed by atoms with Gasteiger partial charge in [-0.15, -0.1) is 0 Å². The summed E-state index contributed by atoms with van der Waals surface area (Å²) in [6, 6.07) is 12.9. The molecule has 22 heavy (non-hydrogen) atoms. The Hall–Kier alpha value is -3.06. The normalized spacial score (nSPS) is 11.6. The number of aromatic hydroxyl groups is 1. The molecular weight excluding hydrogens is 274 g/mol. The highest BCUT2D eigenvalue weighted by molar-refractivity contribution is 5.91. The lowest BCUT2D eigenvalue weighted by molar-refractivity contribution is 0.475. The van der Waals surface area contributed by atoms with Crippen molar-refractivity contribution in [2.75, 3.05) is 0 Å². The van der Waals surface area contributed by atoms with Gasteiger partial charge in [-0.1, -0.05) is 6.08 Å². The third-order valence-corrected chi connectivity index (χ3v) is 3.75. The van der Waals surface area contributed by atoms with Crippen LogP contribution >= 0.6 is 0 Å². The van der Waals surface area contributed by atoms with Crippen molar-refractivity contribution in [1.29, 1.82) is 5.26 Å². The second-order valence-electron chi connectivity index (χ2n) is 5.03. The Labute approximate surface area is 128 Å². The van der Waals surface area contributed by atoms with E-state index in [9.17, 15) is 10.4 Å². The number of hydrogen-bond donors (Lipinski definition) is 1. The SMILES string of the molecule is C/C=C(/C)c1c(C#N)c2cccnc2n1-c1ccc(O)cc1. The number of phenolic OH excluding ortho intramolecular Hbond substituents is 1. The summed E-state index contributed by atoms with van der Waals surface area (Å²) in [6.07, 6.45) is 3.70. The van der Waals surface area contributed by atoms with Crippen LogP contribution in [-0.4, -0.2) is 14.7 Å². The van der Waals surface area contributed by atoms with Gasteiger partial charge >= 0.3 is 0 Å². The van der Waals surface area contributed by atoms with Gasteiger partial charge in [-0.25, -0.2) is 4.98 Å². The maximum Gasteiger partial charge on any atom is 0.146 e. The molecule has 0 bridgehead atoms. The summed E-state index contributed by atoms with van der Waals surface area (Å²) in [7, 11) is 0. The van der Waals surface area contributed by atoms with Crippen LogP contribution in [0.4, 0.5) is 0 Å². The van der Waals surface area contributed by atoms with E-state index < -0.39 is 0 Å². The summed E-state index contributed by atoms with van der Waals surface area (Å²) in [5.74, 6) is 0.206. The molecular formula is C18H15N3O. The number of benzene rings is 1. The quantitative estimate of drug-likeness (QED) is 0.774. The predicted molar refractivity (Wildman–Crippen MR) is 86.8 cm³/mol. The molecule has 0 saturated heterocycles. The van der Waals surface area contributed by atoms with Crippen molar-refractivity contribution >= 4 is 16.6 Å². The molecule has 0 amide bonds. The van der Waals surface area contributed by atoms with E-state index in [1.54, 1.807) is 18.3 Å². The Morgan fingerprint density at radius 3 is 2.64 bits per heavy atom. The highest BCUT2D eigenvalue weighted by atomic mass is 16.3. The molecule has 1 N–H and O–H groups in total. The van der Waals surface area contributed by atoms with Crippen LogP contribution < -0.4 is 0 Å². The molecule has 0 fully saturated rings. The number of hydrogen-bond acceptors (Lipinski definition) is 3. The fourth-order valence-corrected chi connectivity index (χ4v) is 2.59. The lowest BCUT2D eigenvalue weighted by atomic mass is 10.1. The first kappa shape index (κ1) is 13.9. The van der Waals surface area contributed by atoms with E-state index in [0.29, 0.717) is 5.56 Å². The second-order valence-corrected chi connectivity index (χ2v) is 5.03. The van der Waals surface area contributed by atoms with Gasteiger partial charge < -0.3 is 5.11 Å². The van der Waals surface area contributed by atoms with Crippen molar-refractivity contribution in [3.05, 3.63) is 59.9 Å². The minimum atomic E-state index is 0.206. The standard InChI is InChI=1S/C18H15N3O/c1-3-12(2)17-16(11-19)15-5-4-10-20-18(15)21(17)13-6-8-14(22)9-7-13/h3-10,22H,1-2H3/b12-3-. The number of fused-ring (bicyclic) bond motifs is 1. The molecule has 3 aromatic rings. The van der Waals surface area contributed by atoms with Gasteiger partial charge in [-0.3, -0.25) is 4.57 Å². The Morgan fingerprint density at radius 1 is 1.27 bits per heavy atom. The first-order valence-electron chi connectivity index (χ1n) is 6.99. The largest absolute Gasteiger partial charge is 0.508 e. The molecule has 0 aliphatic carbocycles. The zero-order valence-electron chi connectivity index (χ0n) is 12.4. The van der Waals surface area contributed by atoms with Gasteiger partial charge in [-0.05, 0) is 55.8 Å². The van der Waals surface area contributed by atoms with Gasteiger partial charge in [0.05, 0.1) is 11.3 Å². The lowest BCUT2D eigenvalue weighted by Crippen LogP contribution is -2.00. The summed E-state index contributed by atoms with van der Waals surface area (Å²) in [4.78, 5) is 4.45. The predicted octanol–water partition coefficient (Wildman–Crippen LogP) is 4.03. The van der Waals surface area contributed by atoms with Crippen LogP contribution in [-0.2, 0) is 0 Å². The highest BCUT2D eigenvalue weighted by Crippen LogP contribution is 2.32. The van der Waals surface area contributed by atoms with Crippen molar-refractivity contribution in [3.63, 3.8) is 0 Å². The van der Waals surface area contributed by atoms with Crippen molar-refractivity contribution in [2.45, 2.75) is 13.8 Å². The molecule has 2 aromatic heterocycles. The van der Waals surface area contributed by atoms with Gasteiger partial charge in [-0.2, -0.15) is 5.26 Å². The molecule has 0 spiro atoms. The smallest absolute Gasteiger partial charge is 0.146 e. The van der Waals surface area contributed by atoms with E-state index in [0.717, 1.165) is 28.0 Å². The number of phenols is 1. The highest BCUT2D eigenvalue weighted by Gasteiger charge is 2.19. The molecule has 108 valence electrons. The zero-order valence-corrected chi connectivity index (χ0v) is 12.4. The monoisotopic (exact) mass is 289 g/mol. The minimum Gasteiger partial charge on any atom is -0.508 e. The molecule has 0 radical (unpaired) electrons. The topological polar surface area (TPSA) is 61.8 Å². The number of nitriles is 1. The average Bonchev–Trinajstić information content (AvgIpc) is 2.89. The molecule has 0 saturated carbocycles. The summed E-state index contributed by atoms with van der Waals surface area (Å²) in [5.41, 5.74) is 4.05. The number of rotatable bonds is 2. The van der Waals surface area contributed by atoms with E-state index in [4.69, 9.17) is 0 Å². The molecule has 3 rings (SSSR count). The molecule has 0 aliphatic rings. The average molecular weight is 289 g/mol. The first-order valence-corrected chi connectivity index (χ1v) is 6.99. The summed E-state index contributed by atoms with van der Waals surface area (Å²) < 4.78 is 1.96. The zero-order chi connectivity index (χ0) is 15.7. The molecule has 0 atom stereocenters. The van der Waals surface area contributed by atoms with E-state index in [-0.39, 0.29) is 5.75 Å². The molecule has 2 heterocycles. The number of nitrogens with zero attached hydrogens (tertiary/aromatic N) is 3. The van der Waals surface area contributed by atoms with Crippen LogP contribution in [0.3, 0.4) is 0 Å². The van der Waals surface area contributed by atoms with Crippen molar-refractivity contribution in [3.8, 4) is 17.5 Å². The van der Waals surface area contributed by atoms with Crippen molar-refractivity contribution in [2.24, 2.45) is 0 Å². The van der Waals surface area contributed by atoms with Gasteiger partial charge in [0.15, 0.2) is 0 Å². The molecule has 4 nitrogen and oxygen atoms in total. The van der Waals surface area contributed by atoms with Crippen molar-refractivity contribution in [1.82, 2.24) is 9.55 Å². The lowest BCUT2D eigenvalue weighted by Gasteiger charge is -2.11. The fraction of sp³-hybridized carbons (Fsp3) is 0.111. The van der Waals surface area contributed by atoms with Gasteiger partial charge in [0.1, 0.15) is 17.5 Å². The summed E-state index contributed by atoms with van der Waals surface area (Å²) in [5, 5.41) is 19.9. The van der Waals surface area contributed by atoms with Crippen molar-refractivity contribution < 1.29 is 5.11 Å². The third-order valence-electron chi connectivity index (χ3n) is 3.75. The fourth-order valence-electron chi connectivity index (χ4n) is 2.59. The Balaban J connectivity index is 2.47. The first-order chi connectivity index (χ1) is 10.7. The van der Waals surface area contributed by atoms with E-state index in [1.807, 2.05) is 48.8 Å². The van der Waals surface area contributed by atoms with E-state index in [1.165, 1.54) is 0 Å². The van der Waals surface area contributed by atoms with E-state index in [2.05, 4.69) is 11.1 Å². The summed E-state index contributed by atoms with van der Waals surface area (Å²) in [6.45, 7) is 3.93. The number of aromatic nitrogens is 2. The van der Waals surface area contributed by atoms with Crippen LogP contribution in [0.2, 0.25) is 0 Å². The number of allylic oxidation sites excluding steroid dienone is 2. The number of pyridine rings is 1. The van der Waals surface area contributed by atoms with Crippen LogP contribution in [0, 0.1) is 11.3 Å². The molecule has 0 aliphatic heterocycles. The van der Waals surface area contributed by atoms with Gasteiger partial charge in [0, 0.05) is 17.3 Å². The van der Waals surface area contributed by atoms with Gasteiger partial charge in [0.2, 0.25) is 0 Å². The van der Waals surface area contributed by atoms with Crippen LogP contribution in [0.1, 0.15) is 25.1 Å². The van der Waals surface area contributed by atoms with Crippen LogP contribution in [0.5, 0.6) is 5.75 Å². The molecule has 0 unspecified atom stereocenters. The third kappa shape index (κ3) is 2.04. The molecule has 1 aromatic carbocycles. The minimum absolute atomic E-state index is 0.206. The Kier molecular flexibility index (Phi) is 3.40. The Bertz CT molecular complexity index is 912. The second kappa shape index (κ2) is 5.38. The summed E-state index contributed by atoms with van der Waals surface area (Å²) >= 11 is 0. The van der Waals surface area contributed by atoms with Crippen LogP contribution in [0.15, 0.2) is 48.7 Å². The van der Waals surface area contributed by atoms with E-state index >= 15 is 0 Å². The Morgan fingerprint density at radius 2 is 2.00 bits per heavy atom. The van der Waals surface area contributed by atoms with Gasteiger partial charge in [0.25, 0.3) is 0 Å². The van der Waals surface area contributed by atoms with Crippen LogP contribution in [0.25, 0.3) is 22.3 Å². The molecule has 4 heteroatoms.